The lowest BCUT2D eigenvalue weighted by atomic mass is 9.75. The van der Waals surface area contributed by atoms with E-state index >= 15 is 0 Å². The Morgan fingerprint density at radius 3 is 2.63 bits per heavy atom. The van der Waals surface area contributed by atoms with Crippen LogP contribution in [0.3, 0.4) is 0 Å². The Morgan fingerprint density at radius 1 is 1.21 bits per heavy atom. The Morgan fingerprint density at radius 2 is 1.95 bits per heavy atom. The SMILES string of the molecule is CC1(C)CCCC(NCC(=O)NC2CCOCC2)C1. The average molecular weight is 268 g/mol. The predicted molar refractivity (Wildman–Crippen MR) is 76.0 cm³/mol. The molecule has 2 fully saturated rings. The number of rotatable bonds is 4. The van der Waals surface area contributed by atoms with Gasteiger partial charge in [0.2, 0.25) is 5.91 Å². The van der Waals surface area contributed by atoms with Crippen molar-refractivity contribution in [1.29, 1.82) is 0 Å². The minimum Gasteiger partial charge on any atom is -0.381 e. The first-order valence-corrected chi connectivity index (χ1v) is 7.66. The van der Waals surface area contributed by atoms with Crippen LogP contribution in [0.4, 0.5) is 0 Å². The van der Waals surface area contributed by atoms with Gasteiger partial charge in [0.15, 0.2) is 0 Å². The van der Waals surface area contributed by atoms with Crippen LogP contribution in [0.1, 0.15) is 52.4 Å². The molecular weight excluding hydrogens is 240 g/mol. The van der Waals surface area contributed by atoms with Gasteiger partial charge >= 0.3 is 0 Å². The Hall–Kier alpha value is -0.610. The number of hydrogen-bond donors (Lipinski definition) is 2. The standard InChI is InChI=1S/C15H28N2O2/c1-15(2)7-3-4-13(10-15)16-11-14(18)17-12-5-8-19-9-6-12/h12-13,16H,3-11H2,1-2H3,(H,17,18). The van der Waals surface area contributed by atoms with Gasteiger partial charge in [-0.25, -0.2) is 0 Å². The third-order valence-corrected chi connectivity index (χ3v) is 4.34. The minimum atomic E-state index is 0.135. The number of hydrogen-bond acceptors (Lipinski definition) is 3. The summed E-state index contributed by atoms with van der Waals surface area (Å²) in [7, 11) is 0. The Kier molecular flexibility index (Phi) is 5.22. The molecule has 0 aromatic rings. The van der Waals surface area contributed by atoms with Gasteiger partial charge in [-0.15, -0.1) is 0 Å². The summed E-state index contributed by atoms with van der Waals surface area (Å²) in [5.74, 6) is 0.135. The summed E-state index contributed by atoms with van der Waals surface area (Å²) in [6.45, 7) is 6.65. The largest absolute Gasteiger partial charge is 0.381 e. The molecule has 0 aromatic carbocycles. The van der Waals surface area contributed by atoms with Gasteiger partial charge in [-0.2, -0.15) is 0 Å². The monoisotopic (exact) mass is 268 g/mol. The van der Waals surface area contributed by atoms with Crippen LogP contribution in [0, 0.1) is 5.41 Å². The second-order valence-corrected chi connectivity index (χ2v) is 6.79. The Labute approximate surface area is 116 Å². The van der Waals surface area contributed by atoms with Crippen LogP contribution in [0.5, 0.6) is 0 Å². The molecule has 1 amide bonds. The molecule has 1 saturated heterocycles. The van der Waals surface area contributed by atoms with Crippen LogP contribution < -0.4 is 10.6 Å². The highest BCUT2D eigenvalue weighted by atomic mass is 16.5. The van der Waals surface area contributed by atoms with Crippen LogP contribution in [0.2, 0.25) is 0 Å². The molecule has 2 N–H and O–H groups in total. The highest BCUT2D eigenvalue weighted by Gasteiger charge is 2.28. The molecule has 0 spiro atoms. The van der Waals surface area contributed by atoms with E-state index in [2.05, 4.69) is 24.5 Å². The molecule has 0 radical (unpaired) electrons. The van der Waals surface area contributed by atoms with Gasteiger partial charge in [-0.1, -0.05) is 20.3 Å². The lowest BCUT2D eigenvalue weighted by Gasteiger charge is -2.35. The summed E-state index contributed by atoms with van der Waals surface area (Å²) >= 11 is 0. The molecule has 4 heteroatoms. The predicted octanol–water partition coefficient (Wildman–Crippen LogP) is 1.84. The van der Waals surface area contributed by atoms with E-state index in [4.69, 9.17) is 4.74 Å². The molecule has 4 nitrogen and oxygen atoms in total. The summed E-state index contributed by atoms with van der Waals surface area (Å²) in [5, 5.41) is 6.52. The molecule has 0 aromatic heterocycles. The highest BCUT2D eigenvalue weighted by molar-refractivity contribution is 5.78. The van der Waals surface area contributed by atoms with Crippen LogP contribution >= 0.6 is 0 Å². The molecular formula is C15H28N2O2. The van der Waals surface area contributed by atoms with Crippen molar-refractivity contribution in [2.45, 2.75) is 64.5 Å². The second kappa shape index (κ2) is 6.71. The van der Waals surface area contributed by atoms with Crippen molar-refractivity contribution in [3.05, 3.63) is 0 Å². The van der Waals surface area contributed by atoms with E-state index in [-0.39, 0.29) is 5.91 Å². The summed E-state index contributed by atoms with van der Waals surface area (Å²) < 4.78 is 5.29. The van der Waals surface area contributed by atoms with E-state index in [1.165, 1.54) is 25.7 Å². The molecule has 1 aliphatic heterocycles. The Bertz CT molecular complexity index is 299. The topological polar surface area (TPSA) is 50.4 Å². The number of ether oxygens (including phenoxy) is 1. The second-order valence-electron chi connectivity index (χ2n) is 6.79. The van der Waals surface area contributed by atoms with Crippen molar-refractivity contribution in [3.63, 3.8) is 0 Å². The van der Waals surface area contributed by atoms with Crippen LogP contribution in [0.25, 0.3) is 0 Å². The minimum absolute atomic E-state index is 0.135. The van der Waals surface area contributed by atoms with E-state index < -0.39 is 0 Å². The summed E-state index contributed by atoms with van der Waals surface area (Å²) in [6, 6.07) is 0.815. The first-order valence-electron chi connectivity index (χ1n) is 7.66. The lowest BCUT2D eigenvalue weighted by molar-refractivity contribution is -0.121. The van der Waals surface area contributed by atoms with Gasteiger partial charge in [0, 0.05) is 25.3 Å². The van der Waals surface area contributed by atoms with Gasteiger partial charge < -0.3 is 15.4 Å². The normalized spacial score (nSPS) is 28.0. The maximum absolute atomic E-state index is 11.9. The molecule has 110 valence electrons. The van der Waals surface area contributed by atoms with Crippen molar-refractivity contribution >= 4 is 5.91 Å². The zero-order valence-electron chi connectivity index (χ0n) is 12.3. The van der Waals surface area contributed by atoms with Gasteiger partial charge in [-0.3, -0.25) is 4.79 Å². The molecule has 1 heterocycles. The fourth-order valence-electron chi connectivity index (χ4n) is 3.23. The summed E-state index contributed by atoms with van der Waals surface area (Å²) in [5.41, 5.74) is 0.424. The van der Waals surface area contributed by atoms with Gasteiger partial charge in [0.25, 0.3) is 0 Å². The fraction of sp³-hybridized carbons (Fsp3) is 0.933. The number of nitrogens with one attached hydrogen (secondary N) is 2. The van der Waals surface area contributed by atoms with Crippen molar-refractivity contribution < 1.29 is 9.53 Å². The fourth-order valence-corrected chi connectivity index (χ4v) is 3.23. The van der Waals surface area contributed by atoms with Crippen LogP contribution in [-0.4, -0.2) is 37.7 Å². The van der Waals surface area contributed by atoms with E-state index in [1.807, 2.05) is 0 Å². The quantitative estimate of drug-likeness (QED) is 0.818. The first-order chi connectivity index (χ1) is 9.05. The third-order valence-electron chi connectivity index (χ3n) is 4.34. The number of amides is 1. The van der Waals surface area contributed by atoms with Gasteiger partial charge in [0.1, 0.15) is 0 Å². The van der Waals surface area contributed by atoms with Crippen molar-refractivity contribution in [2.75, 3.05) is 19.8 Å². The van der Waals surface area contributed by atoms with Crippen LogP contribution in [-0.2, 0) is 9.53 Å². The average Bonchev–Trinajstić information content (AvgIpc) is 2.36. The Balaban J connectivity index is 1.65. The molecule has 1 saturated carbocycles. The van der Waals surface area contributed by atoms with Gasteiger partial charge in [0.05, 0.1) is 6.54 Å². The number of carbonyl (C=O) groups excluding carboxylic acids is 1. The number of carbonyl (C=O) groups is 1. The smallest absolute Gasteiger partial charge is 0.234 e. The van der Waals surface area contributed by atoms with E-state index in [0.29, 0.717) is 24.0 Å². The van der Waals surface area contributed by atoms with E-state index in [0.717, 1.165) is 26.1 Å². The van der Waals surface area contributed by atoms with Gasteiger partial charge in [-0.05, 0) is 37.5 Å². The van der Waals surface area contributed by atoms with E-state index in [9.17, 15) is 4.79 Å². The summed E-state index contributed by atoms with van der Waals surface area (Å²) in [4.78, 5) is 11.9. The molecule has 1 aliphatic carbocycles. The van der Waals surface area contributed by atoms with Crippen molar-refractivity contribution in [1.82, 2.24) is 10.6 Å². The maximum atomic E-state index is 11.9. The molecule has 2 rings (SSSR count). The van der Waals surface area contributed by atoms with E-state index in [1.54, 1.807) is 0 Å². The summed E-state index contributed by atoms with van der Waals surface area (Å²) in [6.07, 6.45) is 6.85. The molecule has 1 atom stereocenters. The van der Waals surface area contributed by atoms with Crippen molar-refractivity contribution in [3.8, 4) is 0 Å². The lowest BCUT2D eigenvalue weighted by Crippen LogP contribution is -2.46. The van der Waals surface area contributed by atoms with Crippen LogP contribution in [0.15, 0.2) is 0 Å². The zero-order chi connectivity index (χ0) is 13.7. The van der Waals surface area contributed by atoms with Crippen molar-refractivity contribution in [2.24, 2.45) is 5.41 Å². The first kappa shape index (κ1) is 14.8. The zero-order valence-corrected chi connectivity index (χ0v) is 12.3. The molecule has 1 unspecified atom stereocenters. The third kappa shape index (κ3) is 5.11. The molecule has 0 bridgehead atoms. The maximum Gasteiger partial charge on any atom is 0.234 e. The highest BCUT2D eigenvalue weighted by Crippen LogP contribution is 2.34. The molecule has 19 heavy (non-hydrogen) atoms. The molecule has 2 aliphatic rings.